The van der Waals surface area contributed by atoms with Gasteiger partial charge in [-0.1, -0.05) is 11.6 Å². The number of carboxylic acids is 1. The van der Waals surface area contributed by atoms with Crippen molar-refractivity contribution in [2.24, 2.45) is 0 Å². The molecule has 1 aromatic carbocycles. The quantitative estimate of drug-likeness (QED) is 0.929. The number of benzene rings is 1. The molecule has 0 aliphatic carbocycles. The van der Waals surface area contributed by atoms with Crippen LogP contribution in [0.1, 0.15) is 37.0 Å². The van der Waals surface area contributed by atoms with Crippen molar-refractivity contribution in [2.45, 2.75) is 37.1 Å². The zero-order valence-corrected chi connectivity index (χ0v) is 12.8. The summed E-state index contributed by atoms with van der Waals surface area (Å²) in [6.45, 7) is 4.18. The summed E-state index contributed by atoms with van der Waals surface area (Å²) in [6.07, 6.45) is 1.58. The molecule has 0 unspecified atom stereocenters. The molecular weight excluding hydrogens is 302 g/mol. The van der Waals surface area contributed by atoms with Gasteiger partial charge in [-0.3, -0.25) is 0 Å². The molecule has 1 fully saturated rings. The molecule has 1 saturated heterocycles. The Kier molecular flexibility index (Phi) is 3.83. The summed E-state index contributed by atoms with van der Waals surface area (Å²) in [5.74, 6) is -1.24. The maximum atomic E-state index is 12.6. The fraction of sp³-hybridized carbons (Fsp3) is 0.462. The minimum absolute atomic E-state index is 0.0251. The lowest BCUT2D eigenvalue weighted by Gasteiger charge is -2.30. The van der Waals surface area contributed by atoms with Crippen LogP contribution in [0, 0.1) is 0 Å². The lowest BCUT2D eigenvalue weighted by molar-refractivity contribution is 0.0697. The summed E-state index contributed by atoms with van der Waals surface area (Å²) < 4.78 is 26.7. The van der Waals surface area contributed by atoms with Crippen molar-refractivity contribution < 1.29 is 18.3 Å². The Morgan fingerprint density at radius 1 is 1.40 bits per heavy atom. The van der Waals surface area contributed by atoms with E-state index in [1.165, 1.54) is 16.4 Å². The van der Waals surface area contributed by atoms with E-state index in [0.29, 0.717) is 6.54 Å². The van der Waals surface area contributed by atoms with Gasteiger partial charge in [0.15, 0.2) is 0 Å². The van der Waals surface area contributed by atoms with Crippen LogP contribution in [0.25, 0.3) is 0 Å². The van der Waals surface area contributed by atoms with Gasteiger partial charge in [-0.05, 0) is 44.9 Å². The fourth-order valence-corrected chi connectivity index (χ4v) is 4.56. The maximum absolute atomic E-state index is 12.6. The summed E-state index contributed by atoms with van der Waals surface area (Å²) in [7, 11) is -3.71. The molecule has 1 aliphatic rings. The molecule has 0 amide bonds. The van der Waals surface area contributed by atoms with Crippen molar-refractivity contribution in [3.63, 3.8) is 0 Å². The van der Waals surface area contributed by atoms with Gasteiger partial charge in [0, 0.05) is 12.1 Å². The Balaban J connectivity index is 2.50. The topological polar surface area (TPSA) is 74.7 Å². The number of halogens is 1. The minimum atomic E-state index is -3.71. The van der Waals surface area contributed by atoms with Gasteiger partial charge in [0.2, 0.25) is 10.0 Å². The minimum Gasteiger partial charge on any atom is -0.478 e. The van der Waals surface area contributed by atoms with Gasteiger partial charge >= 0.3 is 5.97 Å². The fourth-order valence-electron chi connectivity index (χ4n) is 2.48. The summed E-state index contributed by atoms with van der Waals surface area (Å²) in [4.78, 5) is 11.0. The van der Waals surface area contributed by atoms with E-state index in [1.807, 2.05) is 13.8 Å². The largest absolute Gasteiger partial charge is 0.478 e. The molecule has 0 spiro atoms. The van der Waals surface area contributed by atoms with E-state index in [4.69, 9.17) is 16.7 Å². The average molecular weight is 318 g/mol. The third-order valence-electron chi connectivity index (χ3n) is 3.58. The molecule has 1 aliphatic heterocycles. The molecule has 20 heavy (non-hydrogen) atoms. The predicted molar refractivity (Wildman–Crippen MR) is 75.6 cm³/mol. The SMILES string of the molecule is CC1(C)CCCN1S(=O)(=O)c1ccc(Cl)c(C(=O)O)c1. The molecule has 0 bridgehead atoms. The Morgan fingerprint density at radius 2 is 2.05 bits per heavy atom. The van der Waals surface area contributed by atoms with Gasteiger partial charge < -0.3 is 5.11 Å². The van der Waals surface area contributed by atoms with Gasteiger partial charge in [-0.25, -0.2) is 13.2 Å². The monoisotopic (exact) mass is 317 g/mol. The van der Waals surface area contributed by atoms with Crippen molar-refractivity contribution in [2.75, 3.05) is 6.54 Å². The molecule has 5 nitrogen and oxygen atoms in total. The van der Waals surface area contributed by atoms with Crippen LogP contribution in [0.15, 0.2) is 23.1 Å². The zero-order valence-electron chi connectivity index (χ0n) is 11.3. The van der Waals surface area contributed by atoms with E-state index in [2.05, 4.69) is 0 Å². The zero-order chi connectivity index (χ0) is 15.1. The number of carboxylic acid groups (broad SMARTS) is 1. The van der Waals surface area contributed by atoms with Gasteiger partial charge in [0.05, 0.1) is 15.5 Å². The molecule has 1 heterocycles. The number of hydrogen-bond donors (Lipinski definition) is 1. The highest BCUT2D eigenvalue weighted by molar-refractivity contribution is 7.89. The molecule has 0 atom stereocenters. The summed E-state index contributed by atoms with van der Waals surface area (Å²) in [5.41, 5.74) is -0.660. The van der Waals surface area contributed by atoms with E-state index < -0.39 is 21.5 Å². The van der Waals surface area contributed by atoms with Crippen molar-refractivity contribution in [1.82, 2.24) is 4.31 Å². The maximum Gasteiger partial charge on any atom is 0.337 e. The highest BCUT2D eigenvalue weighted by atomic mass is 35.5. The Labute approximate surface area is 123 Å². The van der Waals surface area contributed by atoms with E-state index in [9.17, 15) is 13.2 Å². The molecule has 0 radical (unpaired) electrons. The molecule has 0 saturated carbocycles. The van der Waals surface area contributed by atoms with E-state index in [0.717, 1.165) is 18.9 Å². The first-order valence-electron chi connectivity index (χ1n) is 6.22. The van der Waals surface area contributed by atoms with Gasteiger partial charge in [-0.2, -0.15) is 4.31 Å². The Bertz CT molecular complexity index is 654. The lowest BCUT2D eigenvalue weighted by Crippen LogP contribution is -2.42. The Hall–Kier alpha value is -1.11. The third kappa shape index (κ3) is 2.55. The third-order valence-corrected chi connectivity index (χ3v) is 6.02. The van der Waals surface area contributed by atoms with Gasteiger partial charge in [0.1, 0.15) is 0 Å². The van der Waals surface area contributed by atoms with Crippen LogP contribution in [0.2, 0.25) is 5.02 Å². The van der Waals surface area contributed by atoms with Crippen LogP contribution >= 0.6 is 11.6 Å². The van der Waals surface area contributed by atoms with Crippen molar-refractivity contribution in [3.05, 3.63) is 28.8 Å². The van der Waals surface area contributed by atoms with Crippen LogP contribution in [-0.4, -0.2) is 35.9 Å². The molecule has 110 valence electrons. The van der Waals surface area contributed by atoms with Crippen LogP contribution in [0.5, 0.6) is 0 Å². The van der Waals surface area contributed by atoms with Crippen LogP contribution < -0.4 is 0 Å². The van der Waals surface area contributed by atoms with Crippen LogP contribution in [0.3, 0.4) is 0 Å². The average Bonchev–Trinajstić information content (AvgIpc) is 2.69. The first-order chi connectivity index (χ1) is 9.16. The highest BCUT2D eigenvalue weighted by Crippen LogP contribution is 2.34. The van der Waals surface area contributed by atoms with Crippen LogP contribution in [-0.2, 0) is 10.0 Å². The lowest BCUT2D eigenvalue weighted by atomic mass is 10.0. The molecule has 7 heteroatoms. The highest BCUT2D eigenvalue weighted by Gasteiger charge is 2.41. The number of sulfonamides is 1. The van der Waals surface area contributed by atoms with E-state index in [1.54, 1.807) is 0 Å². The number of nitrogens with zero attached hydrogens (tertiary/aromatic N) is 1. The molecular formula is C13H16ClNO4S. The molecule has 1 N–H and O–H groups in total. The first kappa shape index (κ1) is 15.3. The van der Waals surface area contributed by atoms with Crippen molar-refractivity contribution in [3.8, 4) is 0 Å². The Morgan fingerprint density at radius 3 is 2.55 bits per heavy atom. The summed E-state index contributed by atoms with van der Waals surface area (Å²) in [6, 6.07) is 3.77. The number of hydrogen-bond acceptors (Lipinski definition) is 3. The first-order valence-corrected chi connectivity index (χ1v) is 8.04. The summed E-state index contributed by atoms with van der Waals surface area (Å²) in [5, 5.41) is 9.06. The van der Waals surface area contributed by atoms with Crippen LogP contribution in [0.4, 0.5) is 0 Å². The predicted octanol–water partition coefficient (Wildman–Crippen LogP) is 2.60. The number of rotatable bonds is 3. The second-order valence-electron chi connectivity index (χ2n) is 5.44. The van der Waals surface area contributed by atoms with E-state index in [-0.39, 0.29) is 15.5 Å². The standard InChI is InChI=1S/C13H16ClNO4S/c1-13(2)6-3-7-15(13)20(18,19)9-4-5-11(14)10(8-9)12(16)17/h4-5,8H,3,6-7H2,1-2H3,(H,16,17). The van der Waals surface area contributed by atoms with E-state index >= 15 is 0 Å². The van der Waals surface area contributed by atoms with Gasteiger partial charge in [0.25, 0.3) is 0 Å². The molecule has 0 aromatic heterocycles. The number of aromatic carboxylic acids is 1. The second kappa shape index (κ2) is 5.02. The normalized spacial score (nSPS) is 19.1. The molecule has 1 aromatic rings. The van der Waals surface area contributed by atoms with Gasteiger partial charge in [-0.15, -0.1) is 0 Å². The molecule has 2 rings (SSSR count). The smallest absolute Gasteiger partial charge is 0.337 e. The second-order valence-corrected chi connectivity index (χ2v) is 7.71. The summed E-state index contributed by atoms with van der Waals surface area (Å²) >= 11 is 5.77. The van der Waals surface area contributed by atoms with Crippen molar-refractivity contribution in [1.29, 1.82) is 0 Å². The number of carbonyl (C=O) groups is 1. The van der Waals surface area contributed by atoms with Crippen molar-refractivity contribution >= 4 is 27.6 Å².